The molecule has 27 heavy (non-hydrogen) atoms. The van der Waals surface area contributed by atoms with Crippen LogP contribution in [0.2, 0.25) is 0 Å². The van der Waals surface area contributed by atoms with Gasteiger partial charge in [-0.15, -0.1) is 0 Å². The molecule has 1 atom stereocenters. The predicted octanol–water partition coefficient (Wildman–Crippen LogP) is 3.10. The van der Waals surface area contributed by atoms with Gasteiger partial charge in [-0.2, -0.15) is 5.26 Å². The Labute approximate surface area is 159 Å². The van der Waals surface area contributed by atoms with Crippen molar-refractivity contribution in [3.05, 3.63) is 65.2 Å². The fourth-order valence-electron chi connectivity index (χ4n) is 3.15. The first-order valence-electron chi connectivity index (χ1n) is 9.09. The Kier molecular flexibility index (Phi) is 6.42. The molecule has 0 bridgehead atoms. The van der Waals surface area contributed by atoms with Crippen molar-refractivity contribution < 1.29 is 9.53 Å². The number of urea groups is 1. The Bertz CT molecular complexity index is 831. The van der Waals surface area contributed by atoms with Crippen molar-refractivity contribution in [2.45, 2.75) is 26.1 Å². The second-order valence-corrected chi connectivity index (χ2v) is 6.74. The van der Waals surface area contributed by atoms with Gasteiger partial charge in [0, 0.05) is 31.9 Å². The van der Waals surface area contributed by atoms with Crippen LogP contribution in [0.1, 0.15) is 23.6 Å². The molecule has 140 valence electrons. The number of nitriles is 1. The number of hydrogen-bond acceptors (Lipinski definition) is 4. The Balaban J connectivity index is 1.51. The van der Waals surface area contributed by atoms with Crippen molar-refractivity contribution in [2.75, 3.05) is 25.0 Å². The van der Waals surface area contributed by atoms with Gasteiger partial charge >= 0.3 is 6.03 Å². The molecular formula is C21H24N4O2. The molecule has 2 N–H and O–H groups in total. The second kappa shape index (κ2) is 9.17. The van der Waals surface area contributed by atoms with Crippen LogP contribution in [-0.2, 0) is 17.8 Å². The molecule has 1 unspecified atom stereocenters. The number of hydrogen-bond donors (Lipinski definition) is 2. The van der Waals surface area contributed by atoms with Crippen LogP contribution in [0.4, 0.5) is 10.5 Å². The van der Waals surface area contributed by atoms with Gasteiger partial charge in [-0.05, 0) is 36.2 Å². The Morgan fingerprint density at radius 1 is 1.26 bits per heavy atom. The molecule has 0 radical (unpaired) electrons. The SMILES string of the molecule is CC1CN(Cc2cccc(CNC(=O)Nc3cccc(C#N)c3)c2)CCO1. The van der Waals surface area contributed by atoms with Crippen LogP contribution in [0.3, 0.4) is 0 Å². The number of nitrogens with zero attached hydrogens (tertiary/aromatic N) is 2. The molecule has 0 aliphatic carbocycles. The summed E-state index contributed by atoms with van der Waals surface area (Å²) in [7, 11) is 0. The molecule has 6 nitrogen and oxygen atoms in total. The minimum Gasteiger partial charge on any atom is -0.376 e. The molecule has 1 fully saturated rings. The number of anilines is 1. The first-order valence-corrected chi connectivity index (χ1v) is 9.09. The van der Waals surface area contributed by atoms with Gasteiger partial charge in [0.1, 0.15) is 0 Å². The van der Waals surface area contributed by atoms with Gasteiger partial charge in [0.05, 0.1) is 24.3 Å². The predicted molar refractivity (Wildman–Crippen MR) is 104 cm³/mol. The van der Waals surface area contributed by atoms with Crippen molar-refractivity contribution >= 4 is 11.7 Å². The number of ether oxygens (including phenoxy) is 1. The summed E-state index contributed by atoms with van der Waals surface area (Å²) in [5.41, 5.74) is 3.39. The smallest absolute Gasteiger partial charge is 0.319 e. The van der Waals surface area contributed by atoms with Gasteiger partial charge in [0.15, 0.2) is 0 Å². The molecule has 1 heterocycles. The maximum atomic E-state index is 12.1. The number of morpholine rings is 1. The van der Waals surface area contributed by atoms with E-state index < -0.39 is 0 Å². The number of carbonyl (C=O) groups is 1. The molecular weight excluding hydrogens is 340 g/mol. The van der Waals surface area contributed by atoms with E-state index in [0.29, 0.717) is 17.8 Å². The summed E-state index contributed by atoms with van der Waals surface area (Å²) in [5.74, 6) is 0. The summed E-state index contributed by atoms with van der Waals surface area (Å²) in [6.07, 6.45) is 0.270. The van der Waals surface area contributed by atoms with E-state index in [9.17, 15) is 4.79 Å². The lowest BCUT2D eigenvalue weighted by atomic mass is 10.1. The zero-order valence-corrected chi connectivity index (χ0v) is 15.4. The first kappa shape index (κ1) is 18.9. The number of benzene rings is 2. The maximum absolute atomic E-state index is 12.1. The highest BCUT2D eigenvalue weighted by atomic mass is 16.5. The highest BCUT2D eigenvalue weighted by Crippen LogP contribution is 2.13. The Morgan fingerprint density at radius 3 is 2.89 bits per heavy atom. The van der Waals surface area contributed by atoms with Crippen molar-refractivity contribution in [2.24, 2.45) is 0 Å². The molecule has 2 amide bonds. The molecule has 6 heteroatoms. The molecule has 2 aromatic rings. The first-order chi connectivity index (χ1) is 13.1. The van der Waals surface area contributed by atoms with Gasteiger partial charge in [0.2, 0.25) is 0 Å². The number of rotatable bonds is 5. The van der Waals surface area contributed by atoms with Crippen molar-refractivity contribution in [1.82, 2.24) is 10.2 Å². The van der Waals surface area contributed by atoms with Crippen LogP contribution in [0, 0.1) is 11.3 Å². The van der Waals surface area contributed by atoms with Crippen LogP contribution < -0.4 is 10.6 Å². The summed E-state index contributed by atoms with van der Waals surface area (Å²) in [6.45, 7) is 6.07. The highest BCUT2D eigenvalue weighted by molar-refractivity contribution is 5.89. The Morgan fingerprint density at radius 2 is 2.07 bits per heavy atom. The molecule has 0 spiro atoms. The maximum Gasteiger partial charge on any atom is 0.319 e. The van der Waals surface area contributed by atoms with Gasteiger partial charge in [0.25, 0.3) is 0 Å². The van der Waals surface area contributed by atoms with E-state index in [1.165, 1.54) is 5.56 Å². The monoisotopic (exact) mass is 364 g/mol. The second-order valence-electron chi connectivity index (χ2n) is 6.74. The number of carbonyl (C=O) groups excluding carboxylic acids is 1. The van der Waals surface area contributed by atoms with Crippen molar-refractivity contribution in [1.29, 1.82) is 5.26 Å². The van der Waals surface area contributed by atoms with Crippen LogP contribution >= 0.6 is 0 Å². The average Bonchev–Trinajstić information content (AvgIpc) is 2.67. The normalized spacial score (nSPS) is 17.1. The lowest BCUT2D eigenvalue weighted by Gasteiger charge is -2.31. The summed E-state index contributed by atoms with van der Waals surface area (Å²) in [6, 6.07) is 16.8. The van der Waals surface area contributed by atoms with Crippen molar-refractivity contribution in [3.8, 4) is 6.07 Å². The fourth-order valence-corrected chi connectivity index (χ4v) is 3.15. The van der Waals surface area contributed by atoms with E-state index in [1.807, 2.05) is 12.1 Å². The number of nitrogens with one attached hydrogen (secondary N) is 2. The van der Waals surface area contributed by atoms with E-state index in [4.69, 9.17) is 10.00 Å². The van der Waals surface area contributed by atoms with Gasteiger partial charge < -0.3 is 15.4 Å². The zero-order chi connectivity index (χ0) is 19.1. The quantitative estimate of drug-likeness (QED) is 0.855. The fraction of sp³-hybridized carbons (Fsp3) is 0.333. The third-order valence-electron chi connectivity index (χ3n) is 4.43. The number of amides is 2. The zero-order valence-electron chi connectivity index (χ0n) is 15.4. The van der Waals surface area contributed by atoms with Gasteiger partial charge in [-0.1, -0.05) is 30.3 Å². The third-order valence-corrected chi connectivity index (χ3v) is 4.43. The molecule has 0 saturated carbocycles. The van der Waals surface area contributed by atoms with Crippen LogP contribution in [-0.4, -0.2) is 36.7 Å². The van der Waals surface area contributed by atoms with Gasteiger partial charge in [-0.25, -0.2) is 4.79 Å². The standard InChI is InChI=1S/C21H24N4O2/c1-16-14-25(8-9-27-16)15-19-6-2-5-18(10-19)13-23-21(26)24-20-7-3-4-17(11-20)12-22/h2-7,10-11,16H,8-9,13-15H2,1H3,(H2,23,24,26). The third kappa shape index (κ3) is 5.81. The molecule has 1 saturated heterocycles. The lowest BCUT2D eigenvalue weighted by molar-refractivity contribution is -0.0212. The van der Waals surface area contributed by atoms with E-state index in [2.05, 4.69) is 40.7 Å². The van der Waals surface area contributed by atoms with E-state index in [1.54, 1.807) is 24.3 Å². The van der Waals surface area contributed by atoms with E-state index >= 15 is 0 Å². The average molecular weight is 364 g/mol. The van der Waals surface area contributed by atoms with Crippen LogP contribution in [0.5, 0.6) is 0 Å². The summed E-state index contributed by atoms with van der Waals surface area (Å²) < 4.78 is 5.58. The molecule has 3 rings (SSSR count). The molecule has 1 aliphatic heterocycles. The van der Waals surface area contributed by atoms with Crippen molar-refractivity contribution in [3.63, 3.8) is 0 Å². The summed E-state index contributed by atoms with van der Waals surface area (Å²) >= 11 is 0. The van der Waals surface area contributed by atoms with Crippen LogP contribution in [0.15, 0.2) is 48.5 Å². The molecule has 2 aromatic carbocycles. The highest BCUT2D eigenvalue weighted by Gasteiger charge is 2.16. The topological polar surface area (TPSA) is 77.4 Å². The summed E-state index contributed by atoms with van der Waals surface area (Å²) in [4.78, 5) is 14.5. The van der Waals surface area contributed by atoms with E-state index in [0.717, 1.165) is 31.8 Å². The Hall–Kier alpha value is -2.88. The summed E-state index contributed by atoms with van der Waals surface area (Å²) in [5, 5.41) is 14.5. The lowest BCUT2D eigenvalue weighted by Crippen LogP contribution is -2.40. The minimum absolute atomic E-state index is 0.270. The largest absolute Gasteiger partial charge is 0.376 e. The molecule has 1 aliphatic rings. The van der Waals surface area contributed by atoms with Gasteiger partial charge in [-0.3, -0.25) is 4.90 Å². The van der Waals surface area contributed by atoms with E-state index in [-0.39, 0.29) is 12.1 Å². The minimum atomic E-state index is -0.294. The van der Waals surface area contributed by atoms with Crippen LogP contribution in [0.25, 0.3) is 0 Å². The molecule has 0 aromatic heterocycles.